The molecular formula is C41H74NO8P. The maximum Gasteiger partial charge on any atom is 0.472 e. The van der Waals surface area contributed by atoms with Crippen LogP contribution in [0.15, 0.2) is 48.6 Å². The fourth-order valence-corrected chi connectivity index (χ4v) is 5.95. The highest BCUT2D eigenvalue weighted by Crippen LogP contribution is 2.43. The van der Waals surface area contributed by atoms with Crippen molar-refractivity contribution in [1.82, 2.24) is 0 Å². The predicted molar refractivity (Wildman–Crippen MR) is 210 cm³/mol. The molecule has 0 aliphatic carbocycles. The molecule has 51 heavy (non-hydrogen) atoms. The smallest absolute Gasteiger partial charge is 0.462 e. The van der Waals surface area contributed by atoms with Gasteiger partial charge in [0.2, 0.25) is 0 Å². The van der Waals surface area contributed by atoms with E-state index in [2.05, 4.69) is 62.5 Å². The van der Waals surface area contributed by atoms with Gasteiger partial charge in [-0.3, -0.25) is 18.6 Å². The molecule has 10 heteroatoms. The minimum absolute atomic E-state index is 0.0471. The van der Waals surface area contributed by atoms with Crippen LogP contribution in [0.2, 0.25) is 0 Å². The van der Waals surface area contributed by atoms with Crippen LogP contribution in [0, 0.1) is 0 Å². The number of phosphoric acid groups is 1. The number of ether oxygens (including phenoxy) is 2. The maximum absolute atomic E-state index is 12.5. The van der Waals surface area contributed by atoms with Gasteiger partial charge in [0.15, 0.2) is 6.10 Å². The molecule has 0 bridgehead atoms. The van der Waals surface area contributed by atoms with Crippen molar-refractivity contribution in [3.05, 3.63) is 48.6 Å². The fourth-order valence-electron chi connectivity index (χ4n) is 5.18. The molecule has 0 aromatic carbocycles. The third-order valence-corrected chi connectivity index (χ3v) is 9.20. The molecule has 0 fully saturated rings. The summed E-state index contributed by atoms with van der Waals surface area (Å²) in [7, 11) is -4.38. The normalized spacial score (nSPS) is 13.9. The first-order chi connectivity index (χ1) is 24.8. The lowest BCUT2D eigenvalue weighted by molar-refractivity contribution is -0.161. The minimum Gasteiger partial charge on any atom is -0.462 e. The molecule has 2 atom stereocenters. The van der Waals surface area contributed by atoms with Gasteiger partial charge in [0.25, 0.3) is 0 Å². The molecule has 9 nitrogen and oxygen atoms in total. The number of unbranched alkanes of at least 4 members (excludes halogenated alkanes) is 17. The monoisotopic (exact) mass is 740 g/mol. The highest BCUT2D eigenvalue weighted by Gasteiger charge is 2.25. The lowest BCUT2D eigenvalue weighted by Crippen LogP contribution is -2.29. The quantitative estimate of drug-likeness (QED) is 0.0210. The van der Waals surface area contributed by atoms with E-state index in [-0.39, 0.29) is 32.6 Å². The summed E-state index contributed by atoms with van der Waals surface area (Å²) in [6, 6.07) is 0. The van der Waals surface area contributed by atoms with Crippen LogP contribution in [0.4, 0.5) is 0 Å². The molecular weight excluding hydrogens is 665 g/mol. The number of carbonyl (C=O) groups is 2. The van der Waals surface area contributed by atoms with Gasteiger partial charge in [0.05, 0.1) is 13.2 Å². The molecule has 0 amide bonds. The van der Waals surface area contributed by atoms with Crippen LogP contribution in [0.3, 0.4) is 0 Å². The second-order valence-electron chi connectivity index (χ2n) is 13.2. The van der Waals surface area contributed by atoms with Gasteiger partial charge < -0.3 is 20.1 Å². The average molecular weight is 740 g/mol. The Balaban J connectivity index is 4.26. The summed E-state index contributed by atoms with van der Waals surface area (Å²) in [6.45, 7) is 3.63. The van der Waals surface area contributed by atoms with E-state index in [0.717, 1.165) is 77.0 Å². The Hall–Kier alpha value is -2.03. The molecule has 0 saturated heterocycles. The molecule has 296 valence electrons. The number of carbonyl (C=O) groups excluding carboxylic acids is 2. The second kappa shape index (κ2) is 37.7. The third-order valence-electron chi connectivity index (χ3n) is 8.22. The predicted octanol–water partition coefficient (Wildman–Crippen LogP) is 11.2. The Morgan fingerprint density at radius 3 is 1.65 bits per heavy atom. The number of phosphoric ester groups is 1. The minimum atomic E-state index is -4.38. The number of rotatable bonds is 37. The first kappa shape index (κ1) is 49.0. The van der Waals surface area contributed by atoms with Crippen LogP contribution >= 0.6 is 7.82 Å². The van der Waals surface area contributed by atoms with Crippen LogP contribution in [-0.2, 0) is 32.7 Å². The Morgan fingerprint density at radius 2 is 1.08 bits per heavy atom. The van der Waals surface area contributed by atoms with Crippen molar-refractivity contribution >= 4 is 19.8 Å². The maximum atomic E-state index is 12.5. The summed E-state index contributed by atoms with van der Waals surface area (Å²) < 4.78 is 32.7. The van der Waals surface area contributed by atoms with Gasteiger partial charge in [-0.15, -0.1) is 0 Å². The Labute approximate surface area is 311 Å². The van der Waals surface area contributed by atoms with Gasteiger partial charge in [-0.25, -0.2) is 4.57 Å². The Bertz CT molecular complexity index is 981. The number of allylic oxidation sites excluding steroid dienone is 8. The Kier molecular flexibility index (Phi) is 36.2. The molecule has 0 spiro atoms. The zero-order valence-corrected chi connectivity index (χ0v) is 33.2. The zero-order valence-electron chi connectivity index (χ0n) is 32.3. The van der Waals surface area contributed by atoms with E-state index in [1.54, 1.807) is 0 Å². The fraction of sp³-hybridized carbons (Fsp3) is 0.756. The zero-order chi connectivity index (χ0) is 37.5. The Morgan fingerprint density at radius 1 is 0.608 bits per heavy atom. The van der Waals surface area contributed by atoms with Crippen LogP contribution < -0.4 is 5.73 Å². The van der Waals surface area contributed by atoms with Crippen LogP contribution in [0.25, 0.3) is 0 Å². The van der Waals surface area contributed by atoms with Crippen molar-refractivity contribution in [1.29, 1.82) is 0 Å². The molecule has 0 aromatic rings. The summed E-state index contributed by atoms with van der Waals surface area (Å²) in [5, 5.41) is 0. The standard InChI is InChI=1S/C41H74NO8P/c1-3-5-7-9-11-13-15-17-19-21-23-25-27-29-31-33-40(43)47-37-39(38-49-51(45,46)48-36-35-42)50-41(44)34-32-30-28-26-24-22-20-18-16-14-12-10-8-6-4-2/h12-15,17-20,39H,3-11,16,21-38,42H2,1-2H3,(H,45,46)/b14-12+,15-13+,19-17+,20-18+/t39-/m1/s1. The number of hydrogen-bond acceptors (Lipinski definition) is 8. The highest BCUT2D eigenvalue weighted by molar-refractivity contribution is 7.47. The van der Waals surface area contributed by atoms with Gasteiger partial charge in [0.1, 0.15) is 6.61 Å². The molecule has 3 N–H and O–H groups in total. The van der Waals surface area contributed by atoms with E-state index in [0.29, 0.717) is 12.8 Å². The lowest BCUT2D eigenvalue weighted by atomic mass is 10.1. The van der Waals surface area contributed by atoms with E-state index in [9.17, 15) is 19.0 Å². The summed E-state index contributed by atoms with van der Waals surface area (Å²) in [4.78, 5) is 34.8. The highest BCUT2D eigenvalue weighted by atomic mass is 31.2. The molecule has 0 aliphatic rings. The van der Waals surface area contributed by atoms with Gasteiger partial charge >= 0.3 is 19.8 Å². The first-order valence-corrected chi connectivity index (χ1v) is 21.6. The van der Waals surface area contributed by atoms with E-state index in [1.807, 2.05) is 0 Å². The third kappa shape index (κ3) is 37.5. The largest absolute Gasteiger partial charge is 0.472 e. The number of esters is 2. The number of hydrogen-bond donors (Lipinski definition) is 2. The van der Waals surface area contributed by atoms with Crippen molar-refractivity contribution in [2.75, 3.05) is 26.4 Å². The van der Waals surface area contributed by atoms with Crippen LogP contribution in [0.1, 0.15) is 168 Å². The summed E-state index contributed by atoms with van der Waals surface area (Å²) >= 11 is 0. The molecule has 0 aromatic heterocycles. The van der Waals surface area contributed by atoms with E-state index in [1.165, 1.54) is 51.4 Å². The van der Waals surface area contributed by atoms with Crippen LogP contribution in [0.5, 0.6) is 0 Å². The van der Waals surface area contributed by atoms with E-state index >= 15 is 0 Å². The van der Waals surface area contributed by atoms with E-state index < -0.39 is 32.5 Å². The SMILES string of the molecule is CCCCC/C=C/C/C=C/CCCCCCCC(=O)O[C@H](COC(=O)CCCCCCC/C=C/C=C/CCCCCC)COP(=O)(O)OCCN. The van der Waals surface area contributed by atoms with Gasteiger partial charge in [-0.05, 0) is 70.6 Å². The van der Waals surface area contributed by atoms with Crippen molar-refractivity contribution < 1.29 is 37.6 Å². The van der Waals surface area contributed by atoms with Crippen molar-refractivity contribution in [3.63, 3.8) is 0 Å². The molecule has 0 aliphatic heterocycles. The van der Waals surface area contributed by atoms with Gasteiger partial charge in [-0.1, -0.05) is 133 Å². The molecule has 0 heterocycles. The summed E-state index contributed by atoms with van der Waals surface area (Å²) in [5.41, 5.74) is 5.33. The molecule has 0 saturated carbocycles. The average Bonchev–Trinajstić information content (AvgIpc) is 3.11. The molecule has 1 unspecified atom stereocenters. The number of nitrogens with two attached hydrogens (primary N) is 1. The van der Waals surface area contributed by atoms with Gasteiger partial charge in [-0.2, -0.15) is 0 Å². The first-order valence-electron chi connectivity index (χ1n) is 20.1. The van der Waals surface area contributed by atoms with Crippen molar-refractivity contribution in [2.45, 2.75) is 174 Å². The topological polar surface area (TPSA) is 134 Å². The second-order valence-corrected chi connectivity index (χ2v) is 14.6. The molecule has 0 rings (SSSR count). The molecule has 0 radical (unpaired) electrons. The van der Waals surface area contributed by atoms with Crippen molar-refractivity contribution in [3.8, 4) is 0 Å². The summed E-state index contributed by atoms with van der Waals surface area (Å²) in [6.07, 6.45) is 41.3. The van der Waals surface area contributed by atoms with E-state index in [4.69, 9.17) is 24.3 Å². The lowest BCUT2D eigenvalue weighted by Gasteiger charge is -2.19. The van der Waals surface area contributed by atoms with Crippen molar-refractivity contribution in [2.24, 2.45) is 5.73 Å². The van der Waals surface area contributed by atoms with Crippen LogP contribution in [-0.4, -0.2) is 49.3 Å². The van der Waals surface area contributed by atoms with Gasteiger partial charge in [0, 0.05) is 19.4 Å². The summed E-state index contributed by atoms with van der Waals surface area (Å²) in [5.74, 6) is -0.866.